The highest BCUT2D eigenvalue weighted by atomic mass is 16.6. The molecule has 1 fully saturated rings. The lowest BCUT2D eigenvalue weighted by Crippen LogP contribution is -2.50. The molecule has 0 aliphatic carbocycles. The SMILES string of the molecule is CC(C)(C)OC(=O)NCCC(CN)N1CCCC1(C)C. The summed E-state index contributed by atoms with van der Waals surface area (Å²) in [6.45, 7) is 12.4. The number of carbonyl (C=O) groups is 1. The monoisotopic (exact) mass is 285 g/mol. The van der Waals surface area contributed by atoms with Gasteiger partial charge < -0.3 is 15.8 Å². The summed E-state index contributed by atoms with van der Waals surface area (Å²) in [4.78, 5) is 14.1. The Kier molecular flexibility index (Phi) is 5.83. The topological polar surface area (TPSA) is 67.6 Å². The molecular weight excluding hydrogens is 254 g/mol. The summed E-state index contributed by atoms with van der Waals surface area (Å²) in [5.41, 5.74) is 5.67. The Morgan fingerprint density at radius 3 is 2.55 bits per heavy atom. The number of amides is 1. The third kappa shape index (κ3) is 5.29. The molecule has 1 amide bonds. The van der Waals surface area contributed by atoms with Crippen molar-refractivity contribution >= 4 is 6.09 Å². The zero-order chi connectivity index (χ0) is 15.4. The summed E-state index contributed by atoms with van der Waals surface area (Å²) in [6, 6.07) is 0.322. The fourth-order valence-corrected chi connectivity index (χ4v) is 2.86. The molecule has 0 aromatic heterocycles. The molecule has 1 aliphatic heterocycles. The number of likely N-dealkylation sites (tertiary alicyclic amines) is 1. The molecule has 1 rings (SSSR count). The molecule has 0 aromatic carbocycles. The van der Waals surface area contributed by atoms with Crippen LogP contribution in [-0.2, 0) is 4.74 Å². The Labute approximate surface area is 123 Å². The van der Waals surface area contributed by atoms with E-state index >= 15 is 0 Å². The van der Waals surface area contributed by atoms with Crippen LogP contribution in [-0.4, -0.2) is 47.8 Å². The van der Waals surface area contributed by atoms with E-state index in [2.05, 4.69) is 24.1 Å². The third-order valence-corrected chi connectivity index (χ3v) is 3.82. The Morgan fingerprint density at radius 1 is 1.45 bits per heavy atom. The lowest BCUT2D eigenvalue weighted by atomic mass is 9.99. The predicted octanol–water partition coefficient (Wildman–Crippen LogP) is 2.10. The van der Waals surface area contributed by atoms with E-state index in [0.717, 1.165) is 13.0 Å². The molecule has 1 unspecified atom stereocenters. The zero-order valence-corrected chi connectivity index (χ0v) is 13.7. The molecule has 20 heavy (non-hydrogen) atoms. The molecule has 118 valence electrons. The average Bonchev–Trinajstić information content (AvgIpc) is 2.62. The van der Waals surface area contributed by atoms with Crippen molar-refractivity contribution in [1.82, 2.24) is 10.2 Å². The molecule has 0 spiro atoms. The minimum atomic E-state index is -0.450. The van der Waals surface area contributed by atoms with E-state index in [9.17, 15) is 4.79 Å². The Morgan fingerprint density at radius 2 is 2.10 bits per heavy atom. The highest BCUT2D eigenvalue weighted by Crippen LogP contribution is 2.30. The van der Waals surface area contributed by atoms with E-state index in [1.165, 1.54) is 12.8 Å². The van der Waals surface area contributed by atoms with Gasteiger partial charge >= 0.3 is 6.09 Å². The smallest absolute Gasteiger partial charge is 0.407 e. The number of rotatable bonds is 5. The van der Waals surface area contributed by atoms with Crippen LogP contribution in [0.5, 0.6) is 0 Å². The molecule has 3 N–H and O–H groups in total. The maximum Gasteiger partial charge on any atom is 0.407 e. The highest BCUT2D eigenvalue weighted by molar-refractivity contribution is 5.67. The quantitative estimate of drug-likeness (QED) is 0.812. The summed E-state index contributed by atoms with van der Waals surface area (Å²) < 4.78 is 5.22. The van der Waals surface area contributed by atoms with Crippen LogP contribution in [0, 0.1) is 0 Å². The molecule has 0 radical (unpaired) electrons. The number of nitrogens with one attached hydrogen (secondary N) is 1. The van der Waals surface area contributed by atoms with Crippen molar-refractivity contribution in [3.05, 3.63) is 0 Å². The van der Waals surface area contributed by atoms with Crippen molar-refractivity contribution in [2.45, 2.75) is 71.1 Å². The summed E-state index contributed by atoms with van der Waals surface area (Å²) in [5.74, 6) is 0. The molecule has 0 saturated carbocycles. The summed E-state index contributed by atoms with van der Waals surface area (Å²) >= 11 is 0. The van der Waals surface area contributed by atoms with Gasteiger partial charge in [-0.05, 0) is 60.4 Å². The number of hydrogen-bond donors (Lipinski definition) is 2. The lowest BCUT2D eigenvalue weighted by molar-refractivity contribution is 0.0516. The van der Waals surface area contributed by atoms with Crippen molar-refractivity contribution in [3.8, 4) is 0 Å². The largest absolute Gasteiger partial charge is 0.444 e. The van der Waals surface area contributed by atoms with E-state index in [-0.39, 0.29) is 11.6 Å². The zero-order valence-electron chi connectivity index (χ0n) is 13.7. The van der Waals surface area contributed by atoms with Crippen LogP contribution in [0.3, 0.4) is 0 Å². The van der Waals surface area contributed by atoms with Gasteiger partial charge in [-0.1, -0.05) is 0 Å². The highest BCUT2D eigenvalue weighted by Gasteiger charge is 2.35. The first-order valence-corrected chi connectivity index (χ1v) is 7.59. The molecule has 1 atom stereocenters. The number of carbonyl (C=O) groups excluding carboxylic acids is 1. The second-order valence-corrected chi connectivity index (χ2v) is 7.22. The number of nitrogens with two attached hydrogens (primary N) is 1. The first kappa shape index (κ1) is 17.2. The lowest BCUT2D eigenvalue weighted by Gasteiger charge is -2.38. The summed E-state index contributed by atoms with van der Waals surface area (Å²) in [6.07, 6.45) is 2.94. The van der Waals surface area contributed by atoms with Crippen molar-refractivity contribution in [2.75, 3.05) is 19.6 Å². The Bertz CT molecular complexity index is 324. The maximum atomic E-state index is 11.6. The van der Waals surface area contributed by atoms with Gasteiger partial charge in [0.1, 0.15) is 5.60 Å². The number of hydrogen-bond acceptors (Lipinski definition) is 4. The molecule has 1 heterocycles. The first-order valence-electron chi connectivity index (χ1n) is 7.59. The first-order chi connectivity index (χ1) is 9.15. The van der Waals surface area contributed by atoms with Crippen LogP contribution in [0.4, 0.5) is 4.79 Å². The van der Waals surface area contributed by atoms with E-state index in [1.54, 1.807) is 0 Å². The van der Waals surface area contributed by atoms with Crippen LogP contribution in [0.15, 0.2) is 0 Å². The van der Waals surface area contributed by atoms with Crippen molar-refractivity contribution in [1.29, 1.82) is 0 Å². The predicted molar refractivity (Wildman–Crippen MR) is 81.7 cm³/mol. The van der Waals surface area contributed by atoms with Crippen molar-refractivity contribution in [3.63, 3.8) is 0 Å². The van der Waals surface area contributed by atoms with Crippen LogP contribution in [0.2, 0.25) is 0 Å². The van der Waals surface area contributed by atoms with E-state index in [0.29, 0.717) is 19.1 Å². The Balaban J connectivity index is 2.37. The number of nitrogens with zero attached hydrogens (tertiary/aromatic N) is 1. The van der Waals surface area contributed by atoms with Crippen molar-refractivity contribution in [2.24, 2.45) is 5.73 Å². The van der Waals surface area contributed by atoms with Crippen LogP contribution < -0.4 is 11.1 Å². The third-order valence-electron chi connectivity index (χ3n) is 3.82. The maximum absolute atomic E-state index is 11.6. The van der Waals surface area contributed by atoms with Crippen LogP contribution in [0.1, 0.15) is 53.9 Å². The van der Waals surface area contributed by atoms with Gasteiger partial charge in [0.15, 0.2) is 0 Å². The van der Waals surface area contributed by atoms with Gasteiger partial charge in [0.05, 0.1) is 0 Å². The molecule has 5 nitrogen and oxygen atoms in total. The minimum absolute atomic E-state index is 0.218. The normalized spacial score (nSPS) is 20.7. The van der Waals surface area contributed by atoms with Gasteiger partial charge in [0.25, 0.3) is 0 Å². The fraction of sp³-hybridized carbons (Fsp3) is 0.933. The second kappa shape index (κ2) is 6.76. The molecule has 1 aliphatic rings. The van der Waals surface area contributed by atoms with Gasteiger partial charge in [-0.15, -0.1) is 0 Å². The van der Waals surface area contributed by atoms with E-state index in [1.807, 2.05) is 20.8 Å². The van der Waals surface area contributed by atoms with Crippen LogP contribution >= 0.6 is 0 Å². The van der Waals surface area contributed by atoms with Crippen molar-refractivity contribution < 1.29 is 9.53 Å². The van der Waals surface area contributed by atoms with Gasteiger partial charge in [-0.2, -0.15) is 0 Å². The molecule has 1 saturated heterocycles. The van der Waals surface area contributed by atoms with Crippen LogP contribution in [0.25, 0.3) is 0 Å². The van der Waals surface area contributed by atoms with E-state index in [4.69, 9.17) is 10.5 Å². The standard InChI is InChI=1S/C15H31N3O2/c1-14(2,3)20-13(19)17-9-7-12(11-16)18-10-6-8-15(18,4)5/h12H,6-11,16H2,1-5H3,(H,17,19). The number of alkyl carbamates (subject to hydrolysis) is 1. The van der Waals surface area contributed by atoms with Gasteiger partial charge in [0.2, 0.25) is 0 Å². The van der Waals surface area contributed by atoms with Gasteiger partial charge in [-0.25, -0.2) is 4.79 Å². The second-order valence-electron chi connectivity index (χ2n) is 7.22. The van der Waals surface area contributed by atoms with Gasteiger partial charge in [-0.3, -0.25) is 4.90 Å². The minimum Gasteiger partial charge on any atom is -0.444 e. The number of ether oxygens (including phenoxy) is 1. The van der Waals surface area contributed by atoms with Gasteiger partial charge in [0, 0.05) is 24.7 Å². The molecule has 0 aromatic rings. The Hall–Kier alpha value is -0.810. The summed E-state index contributed by atoms with van der Waals surface area (Å²) in [7, 11) is 0. The fourth-order valence-electron chi connectivity index (χ4n) is 2.86. The molecular formula is C15H31N3O2. The molecule has 5 heteroatoms. The summed E-state index contributed by atoms with van der Waals surface area (Å²) in [5, 5.41) is 2.81. The average molecular weight is 285 g/mol. The van der Waals surface area contributed by atoms with E-state index < -0.39 is 5.60 Å². The molecule has 0 bridgehead atoms.